The van der Waals surface area contributed by atoms with Gasteiger partial charge in [-0.3, -0.25) is 9.59 Å². The second kappa shape index (κ2) is 10.1. The predicted octanol–water partition coefficient (Wildman–Crippen LogP) is 4.21. The van der Waals surface area contributed by atoms with Gasteiger partial charge in [-0.1, -0.05) is 11.8 Å². The molecule has 0 radical (unpaired) electrons. The first kappa shape index (κ1) is 24.3. The number of ether oxygens (including phenoxy) is 1. The van der Waals surface area contributed by atoms with E-state index in [4.69, 9.17) is 4.74 Å². The number of alkyl halides is 3. The van der Waals surface area contributed by atoms with Crippen molar-refractivity contribution in [3.8, 4) is 5.75 Å². The highest BCUT2D eigenvalue weighted by atomic mass is 32.2. The van der Waals surface area contributed by atoms with Crippen molar-refractivity contribution >= 4 is 23.4 Å². The quantitative estimate of drug-likeness (QED) is 0.404. The molecule has 33 heavy (non-hydrogen) atoms. The Bertz CT molecular complexity index is 1190. The standard InChI is InChI=1S/C22H21F3N4O3S/c1-13-8-14(2)27-21(26-13)33-12-17-9-18(30)19(32-3)10-29(17)11-20(31)28-16-6-4-15(5-7-16)22(23,24)25/h4-10H,11-12H2,1-3H3,(H,28,31). The molecule has 1 amide bonds. The van der Waals surface area contributed by atoms with Gasteiger partial charge in [-0.15, -0.1) is 0 Å². The van der Waals surface area contributed by atoms with Crippen LogP contribution in [0, 0.1) is 13.8 Å². The maximum absolute atomic E-state index is 12.7. The van der Waals surface area contributed by atoms with Gasteiger partial charge in [0.25, 0.3) is 0 Å². The lowest BCUT2D eigenvalue weighted by Crippen LogP contribution is -2.23. The van der Waals surface area contributed by atoms with Crippen molar-refractivity contribution in [2.45, 2.75) is 37.5 Å². The first-order valence-electron chi connectivity index (χ1n) is 9.74. The van der Waals surface area contributed by atoms with Gasteiger partial charge in [-0.2, -0.15) is 13.2 Å². The van der Waals surface area contributed by atoms with Crippen molar-refractivity contribution in [2.24, 2.45) is 0 Å². The van der Waals surface area contributed by atoms with Crippen molar-refractivity contribution in [3.63, 3.8) is 0 Å². The molecule has 0 fully saturated rings. The third-order valence-corrected chi connectivity index (χ3v) is 5.40. The number of anilines is 1. The summed E-state index contributed by atoms with van der Waals surface area (Å²) in [6.45, 7) is 3.53. The Morgan fingerprint density at radius 2 is 1.76 bits per heavy atom. The molecule has 0 aliphatic heterocycles. The van der Waals surface area contributed by atoms with Crippen molar-refractivity contribution in [1.29, 1.82) is 0 Å². The minimum atomic E-state index is -4.46. The SMILES string of the molecule is COc1cn(CC(=O)Nc2ccc(C(F)(F)F)cc2)c(CSc2nc(C)cc(C)n2)cc1=O. The molecule has 0 unspecified atom stereocenters. The maximum Gasteiger partial charge on any atom is 0.416 e. The predicted molar refractivity (Wildman–Crippen MR) is 118 cm³/mol. The second-order valence-corrected chi connectivity index (χ2v) is 8.11. The van der Waals surface area contributed by atoms with Crippen LogP contribution in [0.15, 0.2) is 52.5 Å². The highest BCUT2D eigenvalue weighted by Gasteiger charge is 2.30. The maximum atomic E-state index is 12.7. The van der Waals surface area contributed by atoms with Gasteiger partial charge in [0.05, 0.1) is 18.9 Å². The van der Waals surface area contributed by atoms with Crippen LogP contribution in [0.2, 0.25) is 0 Å². The molecule has 3 rings (SSSR count). The van der Waals surface area contributed by atoms with Crippen LogP contribution in [-0.2, 0) is 23.3 Å². The van der Waals surface area contributed by atoms with E-state index >= 15 is 0 Å². The Morgan fingerprint density at radius 1 is 1.12 bits per heavy atom. The van der Waals surface area contributed by atoms with Crippen LogP contribution in [0.4, 0.5) is 18.9 Å². The number of aryl methyl sites for hydroxylation is 2. The average Bonchev–Trinajstić information content (AvgIpc) is 2.72. The normalized spacial score (nSPS) is 11.3. The van der Waals surface area contributed by atoms with Gasteiger partial charge < -0.3 is 14.6 Å². The Labute approximate surface area is 192 Å². The molecule has 1 N–H and O–H groups in total. The molecule has 0 aliphatic rings. The van der Waals surface area contributed by atoms with E-state index in [2.05, 4.69) is 15.3 Å². The topological polar surface area (TPSA) is 86.1 Å². The smallest absolute Gasteiger partial charge is 0.416 e. The molecule has 0 aliphatic carbocycles. The van der Waals surface area contributed by atoms with Crippen LogP contribution in [0.25, 0.3) is 0 Å². The number of aromatic nitrogens is 3. The zero-order valence-corrected chi connectivity index (χ0v) is 18.9. The summed E-state index contributed by atoms with van der Waals surface area (Å²) in [5.74, 6) is -0.0986. The molecule has 3 aromatic rings. The number of amides is 1. The minimum absolute atomic E-state index is 0.0636. The lowest BCUT2D eigenvalue weighted by atomic mass is 10.2. The number of benzene rings is 1. The molecule has 0 spiro atoms. The molecule has 7 nitrogen and oxygen atoms in total. The highest BCUT2D eigenvalue weighted by molar-refractivity contribution is 7.98. The van der Waals surface area contributed by atoms with Crippen LogP contribution in [0.1, 0.15) is 22.6 Å². The molecule has 1 aromatic carbocycles. The Hall–Kier alpha value is -3.34. The third-order valence-electron chi connectivity index (χ3n) is 4.52. The lowest BCUT2D eigenvalue weighted by molar-refractivity contribution is -0.137. The average molecular weight is 478 g/mol. The van der Waals surface area contributed by atoms with Crippen LogP contribution in [-0.4, -0.2) is 27.6 Å². The fourth-order valence-corrected chi connectivity index (χ4v) is 3.96. The largest absolute Gasteiger partial charge is 0.491 e. The highest BCUT2D eigenvalue weighted by Crippen LogP contribution is 2.29. The second-order valence-electron chi connectivity index (χ2n) is 7.17. The number of carbonyl (C=O) groups is 1. The van der Waals surface area contributed by atoms with Crippen molar-refractivity contribution in [2.75, 3.05) is 12.4 Å². The van der Waals surface area contributed by atoms with Crippen molar-refractivity contribution in [3.05, 3.63) is 75.5 Å². The summed E-state index contributed by atoms with van der Waals surface area (Å²) < 4.78 is 44.8. The number of carbonyl (C=O) groups excluding carboxylic acids is 1. The molecule has 0 saturated heterocycles. The van der Waals surface area contributed by atoms with E-state index in [-0.39, 0.29) is 23.4 Å². The first-order chi connectivity index (χ1) is 15.5. The third kappa shape index (κ3) is 6.58. The summed E-state index contributed by atoms with van der Waals surface area (Å²) >= 11 is 1.31. The number of pyridine rings is 1. The van der Waals surface area contributed by atoms with Gasteiger partial charge in [0.1, 0.15) is 6.54 Å². The fraction of sp³-hybridized carbons (Fsp3) is 0.273. The molecule has 0 atom stereocenters. The van der Waals surface area contributed by atoms with E-state index in [1.165, 1.54) is 43.3 Å². The van der Waals surface area contributed by atoms with E-state index in [1.54, 1.807) is 4.57 Å². The molecule has 0 saturated carbocycles. The van der Waals surface area contributed by atoms with Crippen LogP contribution in [0.3, 0.4) is 0 Å². The van der Waals surface area contributed by atoms with E-state index in [1.807, 2.05) is 19.9 Å². The van der Waals surface area contributed by atoms with E-state index in [0.29, 0.717) is 16.6 Å². The summed E-state index contributed by atoms with van der Waals surface area (Å²) in [6.07, 6.45) is -3.03. The number of hydrogen-bond donors (Lipinski definition) is 1. The summed E-state index contributed by atoms with van der Waals surface area (Å²) in [5, 5.41) is 3.10. The molecular weight excluding hydrogens is 457 g/mol. The Kier molecular flexibility index (Phi) is 7.42. The number of methoxy groups -OCH3 is 1. The van der Waals surface area contributed by atoms with Gasteiger partial charge >= 0.3 is 6.18 Å². The van der Waals surface area contributed by atoms with Crippen LogP contribution >= 0.6 is 11.8 Å². The lowest BCUT2D eigenvalue weighted by Gasteiger charge is -2.15. The molecule has 174 valence electrons. The minimum Gasteiger partial charge on any atom is -0.491 e. The number of hydrogen-bond acceptors (Lipinski definition) is 6. The zero-order valence-electron chi connectivity index (χ0n) is 18.1. The summed E-state index contributed by atoms with van der Waals surface area (Å²) in [6, 6.07) is 7.37. The Morgan fingerprint density at radius 3 is 2.33 bits per heavy atom. The van der Waals surface area contributed by atoms with E-state index < -0.39 is 17.6 Å². The summed E-state index contributed by atoms with van der Waals surface area (Å²) in [4.78, 5) is 33.5. The van der Waals surface area contributed by atoms with Crippen LogP contribution < -0.4 is 15.5 Å². The summed E-state index contributed by atoms with van der Waals surface area (Å²) in [7, 11) is 1.35. The van der Waals surface area contributed by atoms with E-state index in [9.17, 15) is 22.8 Å². The van der Waals surface area contributed by atoms with Gasteiger partial charge in [0, 0.05) is 34.6 Å². The summed E-state index contributed by atoms with van der Waals surface area (Å²) in [5.41, 5.74) is 1.24. The van der Waals surface area contributed by atoms with Crippen LogP contribution in [0.5, 0.6) is 5.75 Å². The number of halogens is 3. The van der Waals surface area contributed by atoms with E-state index in [0.717, 1.165) is 23.5 Å². The molecular formula is C22H21F3N4O3S. The van der Waals surface area contributed by atoms with Crippen molar-refractivity contribution < 1.29 is 22.7 Å². The number of nitrogens with zero attached hydrogens (tertiary/aromatic N) is 3. The van der Waals surface area contributed by atoms with Crippen molar-refractivity contribution in [1.82, 2.24) is 14.5 Å². The van der Waals surface area contributed by atoms with Gasteiger partial charge in [-0.25, -0.2) is 9.97 Å². The number of rotatable bonds is 7. The molecule has 11 heteroatoms. The molecule has 2 heterocycles. The zero-order chi connectivity index (χ0) is 24.2. The fourth-order valence-electron chi connectivity index (χ4n) is 3.01. The van der Waals surface area contributed by atoms with Gasteiger partial charge in [0.2, 0.25) is 11.3 Å². The monoisotopic (exact) mass is 478 g/mol. The molecule has 2 aromatic heterocycles. The number of nitrogens with one attached hydrogen (secondary N) is 1. The first-order valence-corrected chi connectivity index (χ1v) is 10.7. The van der Waals surface area contributed by atoms with Gasteiger partial charge in [-0.05, 0) is 44.2 Å². The van der Waals surface area contributed by atoms with Gasteiger partial charge in [0.15, 0.2) is 10.9 Å². The Balaban J connectivity index is 1.77. The molecule has 0 bridgehead atoms. The number of thioether (sulfide) groups is 1.